The zero-order valence-electron chi connectivity index (χ0n) is 18.4. The quantitative estimate of drug-likeness (QED) is 0.589. The summed E-state index contributed by atoms with van der Waals surface area (Å²) in [5.74, 6) is 1.88. The summed E-state index contributed by atoms with van der Waals surface area (Å²) in [6.07, 6.45) is 5.30. The van der Waals surface area contributed by atoms with Crippen LogP contribution in [-0.4, -0.2) is 61.5 Å². The first-order valence-corrected chi connectivity index (χ1v) is 11.6. The number of methoxy groups -OCH3 is 1. The zero-order valence-corrected chi connectivity index (χ0v) is 19.2. The van der Waals surface area contributed by atoms with Crippen LogP contribution in [0.3, 0.4) is 0 Å². The number of likely N-dealkylation sites (tertiary alicyclic amines) is 1. The van der Waals surface area contributed by atoms with Crippen molar-refractivity contribution < 1.29 is 9.53 Å². The van der Waals surface area contributed by atoms with Gasteiger partial charge in [0.1, 0.15) is 10.8 Å². The minimum Gasteiger partial charge on any atom is -0.496 e. The second-order valence-corrected chi connectivity index (χ2v) is 9.14. The van der Waals surface area contributed by atoms with Gasteiger partial charge in [-0.1, -0.05) is 0 Å². The van der Waals surface area contributed by atoms with E-state index in [2.05, 4.69) is 15.0 Å². The van der Waals surface area contributed by atoms with Gasteiger partial charge in [0.25, 0.3) is 0 Å². The summed E-state index contributed by atoms with van der Waals surface area (Å²) in [5.41, 5.74) is 11.3. The number of anilines is 1. The Morgan fingerprint density at radius 2 is 2.09 bits per heavy atom. The number of hydrogen-bond acceptors (Lipinski definition) is 8. The molecule has 1 amide bonds. The van der Waals surface area contributed by atoms with Gasteiger partial charge in [-0.2, -0.15) is 10.1 Å². The van der Waals surface area contributed by atoms with Crippen molar-refractivity contribution in [2.45, 2.75) is 38.3 Å². The first-order chi connectivity index (χ1) is 15.4. The van der Waals surface area contributed by atoms with Crippen molar-refractivity contribution in [3.8, 4) is 5.75 Å². The fourth-order valence-electron chi connectivity index (χ4n) is 4.14. The van der Waals surface area contributed by atoms with Gasteiger partial charge < -0.3 is 15.4 Å². The fraction of sp³-hybridized carbons (Fsp3) is 0.409. The van der Waals surface area contributed by atoms with Crippen molar-refractivity contribution >= 4 is 40.7 Å². The van der Waals surface area contributed by atoms with E-state index < -0.39 is 0 Å². The Balaban J connectivity index is 1.55. The molecule has 3 aromatic heterocycles. The highest BCUT2D eigenvalue weighted by Crippen LogP contribution is 2.36. The van der Waals surface area contributed by atoms with Crippen LogP contribution < -0.4 is 10.5 Å². The number of ether oxygens (including phenoxy) is 1. The summed E-state index contributed by atoms with van der Waals surface area (Å²) in [4.78, 5) is 28.0. The van der Waals surface area contributed by atoms with Gasteiger partial charge >= 0.3 is 0 Å². The van der Waals surface area contributed by atoms with E-state index in [0.717, 1.165) is 63.8 Å². The van der Waals surface area contributed by atoms with Crippen molar-refractivity contribution in [3.63, 3.8) is 0 Å². The smallest absolute Gasteiger partial charge is 0.226 e. The van der Waals surface area contributed by atoms with E-state index in [4.69, 9.17) is 15.6 Å². The van der Waals surface area contributed by atoms with Gasteiger partial charge in [0.05, 0.1) is 30.4 Å². The zero-order chi connectivity index (χ0) is 22.4. The normalized spacial score (nSPS) is 15.3. The van der Waals surface area contributed by atoms with E-state index in [9.17, 15) is 4.79 Å². The molecule has 10 heteroatoms. The van der Waals surface area contributed by atoms with E-state index in [1.807, 2.05) is 29.5 Å². The average Bonchev–Trinajstić information content (AvgIpc) is 2.94. The average molecular weight is 452 g/mol. The number of carbonyl (C=O) groups is 1. The second kappa shape index (κ2) is 8.09. The van der Waals surface area contributed by atoms with Gasteiger partial charge in [0, 0.05) is 42.6 Å². The van der Waals surface area contributed by atoms with Gasteiger partial charge in [0.15, 0.2) is 5.65 Å². The Kier molecular flexibility index (Phi) is 5.24. The summed E-state index contributed by atoms with van der Waals surface area (Å²) in [6, 6.07) is 0. The maximum absolute atomic E-state index is 12.5. The summed E-state index contributed by atoms with van der Waals surface area (Å²) < 4.78 is 7.37. The van der Waals surface area contributed by atoms with Crippen LogP contribution in [-0.2, 0) is 11.3 Å². The molecule has 9 nitrogen and oxygen atoms in total. The number of thioether (sulfide) groups is 1. The van der Waals surface area contributed by atoms with Gasteiger partial charge in [-0.25, -0.2) is 9.67 Å². The molecule has 2 N–H and O–H groups in total. The highest BCUT2D eigenvalue weighted by atomic mass is 32.2. The van der Waals surface area contributed by atoms with Gasteiger partial charge in [-0.15, -0.1) is 11.8 Å². The topological polar surface area (TPSA) is 112 Å². The minimum absolute atomic E-state index is 0.168. The van der Waals surface area contributed by atoms with Gasteiger partial charge in [0.2, 0.25) is 11.9 Å². The molecule has 5 heterocycles. The third-order valence-corrected chi connectivity index (χ3v) is 7.06. The van der Waals surface area contributed by atoms with Crippen LogP contribution in [0.15, 0.2) is 16.8 Å². The summed E-state index contributed by atoms with van der Waals surface area (Å²) >= 11 is 1.58. The third kappa shape index (κ3) is 3.58. The number of nitrogen functional groups attached to an aromatic ring is 1. The summed E-state index contributed by atoms with van der Waals surface area (Å²) in [7, 11) is 1.66. The number of aromatic nitrogens is 5. The molecule has 0 bridgehead atoms. The molecular formula is C22H25N7O2S. The molecule has 2 aliphatic heterocycles. The standard InChI is InChI=1S/C22H25N7O2S/c1-12-9-24-16(13(2)19(12)31-3)10-29-20-18-15(27-29)7-14(8-17(30)28-5-4-6-28)11-32-21(18)26-22(23)25-20/h7,9H,4-6,8,10-11H2,1-3H3,(H2,23,25,26). The summed E-state index contributed by atoms with van der Waals surface area (Å²) in [6.45, 7) is 6.10. The minimum atomic E-state index is 0.168. The summed E-state index contributed by atoms with van der Waals surface area (Å²) in [5, 5.41) is 6.50. The lowest BCUT2D eigenvalue weighted by Gasteiger charge is -2.31. The maximum atomic E-state index is 12.5. The first kappa shape index (κ1) is 20.7. The number of rotatable bonds is 5. The molecule has 0 unspecified atom stereocenters. The molecule has 1 saturated heterocycles. The molecule has 32 heavy (non-hydrogen) atoms. The maximum Gasteiger partial charge on any atom is 0.226 e. The van der Waals surface area contributed by atoms with Crippen molar-refractivity contribution in [3.05, 3.63) is 34.3 Å². The molecule has 3 aromatic rings. The van der Waals surface area contributed by atoms with Crippen LogP contribution in [0, 0.1) is 13.8 Å². The van der Waals surface area contributed by atoms with Crippen molar-refractivity contribution in [2.75, 3.05) is 31.7 Å². The van der Waals surface area contributed by atoms with Crippen LogP contribution in [0.2, 0.25) is 0 Å². The van der Waals surface area contributed by atoms with Crippen LogP contribution in [0.4, 0.5) is 5.95 Å². The van der Waals surface area contributed by atoms with Crippen molar-refractivity contribution in [2.24, 2.45) is 0 Å². The SMILES string of the molecule is COc1c(C)cnc(Cn2nc3c4c(nc(N)nc42)SCC(CC(=O)N2CCC2)=C3)c1C. The number of carbonyl (C=O) groups excluding carboxylic acids is 1. The molecule has 166 valence electrons. The molecule has 1 fully saturated rings. The number of hydrogen-bond donors (Lipinski definition) is 1. The molecule has 2 aliphatic rings. The molecule has 0 radical (unpaired) electrons. The monoisotopic (exact) mass is 451 g/mol. The van der Waals surface area contributed by atoms with Crippen LogP contribution in [0.5, 0.6) is 5.75 Å². The highest BCUT2D eigenvalue weighted by molar-refractivity contribution is 7.99. The van der Waals surface area contributed by atoms with E-state index in [1.54, 1.807) is 25.1 Å². The molecule has 0 spiro atoms. The molecule has 0 aromatic carbocycles. The number of nitrogens with two attached hydrogens (primary N) is 1. The molecule has 0 atom stereocenters. The fourth-order valence-corrected chi connectivity index (χ4v) is 5.15. The second-order valence-electron chi connectivity index (χ2n) is 8.18. The molecule has 0 saturated carbocycles. The van der Waals surface area contributed by atoms with E-state index in [0.29, 0.717) is 24.4 Å². The molecule has 0 aliphatic carbocycles. The van der Waals surface area contributed by atoms with Crippen molar-refractivity contribution in [1.82, 2.24) is 29.6 Å². The predicted molar refractivity (Wildman–Crippen MR) is 124 cm³/mol. The van der Waals surface area contributed by atoms with E-state index in [1.165, 1.54) is 0 Å². The number of amides is 1. The van der Waals surface area contributed by atoms with E-state index in [-0.39, 0.29) is 11.9 Å². The van der Waals surface area contributed by atoms with Gasteiger partial charge in [-0.3, -0.25) is 9.78 Å². The van der Waals surface area contributed by atoms with Crippen molar-refractivity contribution in [1.29, 1.82) is 0 Å². The Morgan fingerprint density at radius 1 is 1.28 bits per heavy atom. The first-order valence-electron chi connectivity index (χ1n) is 10.6. The Labute approximate surface area is 190 Å². The number of aryl methyl sites for hydroxylation is 1. The Bertz CT molecular complexity index is 1260. The third-order valence-electron chi connectivity index (χ3n) is 5.97. The van der Waals surface area contributed by atoms with Crippen LogP contribution in [0.1, 0.15) is 35.4 Å². The number of nitrogens with zero attached hydrogens (tertiary/aromatic N) is 6. The van der Waals surface area contributed by atoms with Gasteiger partial charge in [-0.05, 0) is 31.9 Å². The predicted octanol–water partition coefficient (Wildman–Crippen LogP) is 2.59. The van der Waals surface area contributed by atoms with E-state index >= 15 is 0 Å². The highest BCUT2D eigenvalue weighted by Gasteiger charge is 2.25. The Hall–Kier alpha value is -3.14. The molecular weight excluding hydrogens is 426 g/mol. The lowest BCUT2D eigenvalue weighted by atomic mass is 10.1. The lowest BCUT2D eigenvalue weighted by molar-refractivity contribution is -0.133. The number of pyridine rings is 1. The van der Waals surface area contributed by atoms with Crippen LogP contribution >= 0.6 is 11.8 Å². The largest absolute Gasteiger partial charge is 0.496 e. The van der Waals surface area contributed by atoms with Crippen LogP contribution in [0.25, 0.3) is 17.1 Å². The lowest BCUT2D eigenvalue weighted by Crippen LogP contribution is -2.42. The molecule has 5 rings (SSSR count). The Morgan fingerprint density at radius 3 is 2.81 bits per heavy atom.